The highest BCUT2D eigenvalue weighted by atomic mass is 79.9. The summed E-state index contributed by atoms with van der Waals surface area (Å²) in [6.07, 6.45) is 1.46. The van der Waals surface area contributed by atoms with Crippen molar-refractivity contribution in [2.45, 2.75) is 32.1 Å². The van der Waals surface area contributed by atoms with Gasteiger partial charge in [0, 0.05) is 24.9 Å². The molecule has 2 rings (SSSR count). The van der Waals surface area contributed by atoms with Gasteiger partial charge in [-0.3, -0.25) is 14.4 Å². The van der Waals surface area contributed by atoms with E-state index in [-0.39, 0.29) is 30.5 Å². The average Bonchev–Trinajstić information content (AvgIpc) is 2.88. The Balaban J connectivity index is 1.73. The van der Waals surface area contributed by atoms with Crippen LogP contribution in [0.1, 0.15) is 31.2 Å². The zero-order chi connectivity index (χ0) is 17.5. The molecule has 1 aliphatic heterocycles. The number of rotatable bonds is 7. The molecular formula is C16H17BrN2O5. The Kier molecular flexibility index (Phi) is 6.48. The first kappa shape index (κ1) is 18.1. The molecule has 8 heteroatoms. The lowest BCUT2D eigenvalue weighted by Crippen LogP contribution is -2.31. The topological polar surface area (TPSA) is 92.8 Å². The molecule has 0 atom stereocenters. The molecule has 128 valence electrons. The van der Waals surface area contributed by atoms with Crippen molar-refractivity contribution < 1.29 is 24.0 Å². The smallest absolute Gasteiger partial charge is 0.330 e. The van der Waals surface area contributed by atoms with Crippen molar-refractivity contribution in [2.24, 2.45) is 0 Å². The second-order valence-corrected chi connectivity index (χ2v) is 5.84. The number of carbonyl (C=O) groups excluding carboxylic acids is 4. The molecule has 1 aliphatic rings. The van der Waals surface area contributed by atoms with E-state index in [1.165, 1.54) is 0 Å². The fraction of sp³-hybridized carbons (Fsp3) is 0.375. The normalized spacial score (nSPS) is 14.0. The third-order valence-corrected chi connectivity index (χ3v) is 3.91. The number of amides is 3. The summed E-state index contributed by atoms with van der Waals surface area (Å²) in [6.45, 7) is 0. The zero-order valence-electron chi connectivity index (χ0n) is 12.9. The van der Waals surface area contributed by atoms with Gasteiger partial charge < -0.3 is 10.2 Å². The number of aryl methyl sites for hydroxylation is 1. The fourth-order valence-electron chi connectivity index (χ4n) is 2.19. The van der Waals surface area contributed by atoms with Gasteiger partial charge in [0.15, 0.2) is 0 Å². The SMILES string of the molecule is O=C(CBr)Nc1ccc(CCCC(=O)ON2C(=O)CCC2=O)cc1. The Hall–Kier alpha value is -2.22. The summed E-state index contributed by atoms with van der Waals surface area (Å²) in [5, 5.41) is 3.51. The lowest BCUT2D eigenvalue weighted by atomic mass is 10.1. The number of hydrogen-bond donors (Lipinski definition) is 1. The van der Waals surface area contributed by atoms with Crippen LogP contribution in [0.25, 0.3) is 0 Å². The number of nitrogens with zero attached hydrogens (tertiary/aromatic N) is 1. The van der Waals surface area contributed by atoms with E-state index in [0.717, 1.165) is 5.56 Å². The van der Waals surface area contributed by atoms with Gasteiger partial charge in [-0.1, -0.05) is 28.1 Å². The van der Waals surface area contributed by atoms with Gasteiger partial charge in [0.1, 0.15) is 0 Å². The molecule has 0 saturated carbocycles. The molecule has 1 N–H and O–H groups in total. The first-order valence-electron chi connectivity index (χ1n) is 7.51. The predicted molar refractivity (Wildman–Crippen MR) is 89.0 cm³/mol. The average molecular weight is 397 g/mol. The molecule has 0 radical (unpaired) electrons. The molecule has 1 saturated heterocycles. The van der Waals surface area contributed by atoms with Crippen molar-refractivity contribution in [3.8, 4) is 0 Å². The Morgan fingerprint density at radius 1 is 1.12 bits per heavy atom. The van der Waals surface area contributed by atoms with Gasteiger partial charge in [-0.2, -0.15) is 0 Å². The number of carbonyl (C=O) groups is 4. The van der Waals surface area contributed by atoms with Gasteiger partial charge >= 0.3 is 5.97 Å². The first-order chi connectivity index (χ1) is 11.5. The van der Waals surface area contributed by atoms with E-state index >= 15 is 0 Å². The molecule has 1 heterocycles. The maximum absolute atomic E-state index is 11.7. The van der Waals surface area contributed by atoms with Gasteiger partial charge in [-0.05, 0) is 30.5 Å². The molecule has 1 fully saturated rings. The highest BCUT2D eigenvalue weighted by molar-refractivity contribution is 9.09. The number of halogens is 1. The predicted octanol–water partition coefficient (Wildman–Crippen LogP) is 1.95. The van der Waals surface area contributed by atoms with Gasteiger partial charge in [-0.25, -0.2) is 4.79 Å². The lowest BCUT2D eigenvalue weighted by molar-refractivity contribution is -0.197. The fourth-order valence-corrected chi connectivity index (χ4v) is 2.33. The Bertz CT molecular complexity index is 628. The number of benzene rings is 1. The van der Waals surface area contributed by atoms with Gasteiger partial charge in [0.2, 0.25) is 5.91 Å². The van der Waals surface area contributed by atoms with E-state index in [9.17, 15) is 19.2 Å². The molecule has 7 nitrogen and oxygen atoms in total. The number of alkyl halides is 1. The maximum Gasteiger partial charge on any atom is 0.333 e. The van der Waals surface area contributed by atoms with E-state index in [1.54, 1.807) is 12.1 Å². The second-order valence-electron chi connectivity index (χ2n) is 5.28. The van der Waals surface area contributed by atoms with Crippen molar-refractivity contribution in [3.63, 3.8) is 0 Å². The van der Waals surface area contributed by atoms with Crippen molar-refractivity contribution in [3.05, 3.63) is 29.8 Å². The zero-order valence-corrected chi connectivity index (χ0v) is 14.5. The molecule has 1 aromatic carbocycles. The van der Waals surface area contributed by atoms with Crippen molar-refractivity contribution >= 4 is 45.3 Å². The Morgan fingerprint density at radius 2 is 1.75 bits per heavy atom. The van der Waals surface area contributed by atoms with Crippen LogP contribution in [0.4, 0.5) is 5.69 Å². The van der Waals surface area contributed by atoms with Gasteiger partial charge in [-0.15, -0.1) is 5.06 Å². The van der Waals surface area contributed by atoms with Crippen LogP contribution >= 0.6 is 15.9 Å². The van der Waals surface area contributed by atoms with Gasteiger partial charge in [0.05, 0.1) is 5.33 Å². The quantitative estimate of drug-likeness (QED) is 0.561. The molecule has 0 spiro atoms. The molecule has 0 aromatic heterocycles. The highest BCUT2D eigenvalue weighted by Gasteiger charge is 2.32. The second kappa shape index (κ2) is 8.58. The number of imide groups is 1. The van der Waals surface area contributed by atoms with Crippen LogP contribution in [0.5, 0.6) is 0 Å². The summed E-state index contributed by atoms with van der Waals surface area (Å²) in [4.78, 5) is 50.4. The molecule has 0 aliphatic carbocycles. The van der Waals surface area contributed by atoms with Crippen molar-refractivity contribution in [1.29, 1.82) is 0 Å². The van der Waals surface area contributed by atoms with E-state index in [2.05, 4.69) is 21.2 Å². The number of anilines is 1. The highest BCUT2D eigenvalue weighted by Crippen LogP contribution is 2.15. The Labute approximate surface area is 147 Å². The lowest BCUT2D eigenvalue weighted by Gasteiger charge is -2.12. The number of nitrogens with one attached hydrogen (secondary N) is 1. The third kappa shape index (κ3) is 5.16. The van der Waals surface area contributed by atoms with E-state index in [1.807, 2.05) is 12.1 Å². The van der Waals surface area contributed by atoms with Crippen LogP contribution < -0.4 is 5.32 Å². The molecule has 1 aromatic rings. The minimum Gasteiger partial charge on any atom is -0.330 e. The van der Waals surface area contributed by atoms with Crippen LogP contribution in [-0.2, 0) is 30.4 Å². The molecule has 24 heavy (non-hydrogen) atoms. The minimum absolute atomic E-state index is 0.0874. The van der Waals surface area contributed by atoms with Crippen LogP contribution in [0.15, 0.2) is 24.3 Å². The van der Waals surface area contributed by atoms with Gasteiger partial charge in [0.25, 0.3) is 11.8 Å². The molecule has 0 bridgehead atoms. The molecule has 0 unspecified atom stereocenters. The molecular weight excluding hydrogens is 380 g/mol. The summed E-state index contributed by atoms with van der Waals surface area (Å²) < 4.78 is 0. The number of hydroxylamine groups is 2. The Morgan fingerprint density at radius 3 is 2.33 bits per heavy atom. The van der Waals surface area contributed by atoms with E-state index in [4.69, 9.17) is 4.84 Å². The largest absolute Gasteiger partial charge is 0.333 e. The van der Waals surface area contributed by atoms with Crippen molar-refractivity contribution in [1.82, 2.24) is 5.06 Å². The monoisotopic (exact) mass is 396 g/mol. The van der Waals surface area contributed by atoms with Crippen LogP contribution in [0, 0.1) is 0 Å². The van der Waals surface area contributed by atoms with Crippen LogP contribution in [0.2, 0.25) is 0 Å². The van der Waals surface area contributed by atoms with Crippen molar-refractivity contribution in [2.75, 3.05) is 10.6 Å². The standard InChI is InChI=1S/C16H17BrN2O5/c17-10-13(20)18-12-6-4-11(5-7-12)2-1-3-16(23)24-19-14(21)8-9-15(19)22/h4-7H,1-3,8-10H2,(H,18,20). The van der Waals surface area contributed by atoms with E-state index in [0.29, 0.717) is 23.6 Å². The molecule has 3 amide bonds. The summed E-state index contributed by atoms with van der Waals surface area (Å²) >= 11 is 3.07. The van der Waals surface area contributed by atoms with E-state index < -0.39 is 17.8 Å². The van der Waals surface area contributed by atoms with Crippen LogP contribution in [0.3, 0.4) is 0 Å². The van der Waals surface area contributed by atoms with Crippen LogP contribution in [-0.4, -0.2) is 34.1 Å². The number of hydrogen-bond acceptors (Lipinski definition) is 5. The summed E-state index contributed by atoms with van der Waals surface area (Å²) in [7, 11) is 0. The third-order valence-electron chi connectivity index (χ3n) is 3.40. The summed E-state index contributed by atoms with van der Waals surface area (Å²) in [5.41, 5.74) is 1.71. The summed E-state index contributed by atoms with van der Waals surface area (Å²) in [5.74, 6) is -1.68. The maximum atomic E-state index is 11.7. The first-order valence-corrected chi connectivity index (χ1v) is 8.63. The minimum atomic E-state index is -0.597. The summed E-state index contributed by atoms with van der Waals surface area (Å²) in [6, 6.07) is 7.30.